The second kappa shape index (κ2) is 6.83. The minimum atomic E-state index is -0.481. The van der Waals surface area contributed by atoms with Crippen molar-refractivity contribution in [3.63, 3.8) is 0 Å². The smallest absolute Gasteiger partial charge is 0.410 e. The summed E-state index contributed by atoms with van der Waals surface area (Å²) < 4.78 is 5.60. The first-order valence-corrected chi connectivity index (χ1v) is 11.0. The Bertz CT molecular complexity index is 860. The Balaban J connectivity index is 1.55. The maximum Gasteiger partial charge on any atom is 0.410 e. The van der Waals surface area contributed by atoms with Crippen LogP contribution in [0, 0.1) is 5.92 Å². The van der Waals surface area contributed by atoms with Crippen LogP contribution in [-0.4, -0.2) is 47.3 Å². The molecule has 0 radical (unpaired) electrons. The van der Waals surface area contributed by atoms with Crippen molar-refractivity contribution in [1.82, 2.24) is 9.88 Å². The number of likely N-dealkylation sites (tertiary alicyclic amines) is 1. The van der Waals surface area contributed by atoms with E-state index in [1.807, 2.05) is 37.1 Å². The molecule has 9 heteroatoms. The number of carbonyl (C=O) groups excluding carboxylic acids is 1. The summed E-state index contributed by atoms with van der Waals surface area (Å²) in [4.78, 5) is 22.3. The first-order chi connectivity index (χ1) is 12.7. The highest BCUT2D eigenvalue weighted by Crippen LogP contribution is 2.44. The van der Waals surface area contributed by atoms with Gasteiger partial charge in [0.05, 0.1) is 15.9 Å². The Labute approximate surface area is 171 Å². The molecule has 0 bridgehead atoms. The summed E-state index contributed by atoms with van der Waals surface area (Å²) in [5.41, 5.74) is 6.43. The molecule has 2 atom stereocenters. The van der Waals surface area contributed by atoms with Gasteiger partial charge in [-0.3, -0.25) is 0 Å². The highest BCUT2D eigenvalue weighted by atomic mass is 35.5. The second-order valence-electron chi connectivity index (χ2n) is 8.03. The van der Waals surface area contributed by atoms with Crippen molar-refractivity contribution in [3.8, 4) is 10.6 Å². The van der Waals surface area contributed by atoms with E-state index in [0.717, 1.165) is 41.6 Å². The topological polar surface area (TPSA) is 71.7 Å². The van der Waals surface area contributed by atoms with Crippen molar-refractivity contribution in [2.24, 2.45) is 5.92 Å². The van der Waals surface area contributed by atoms with E-state index in [1.165, 1.54) is 11.3 Å². The van der Waals surface area contributed by atoms with Crippen molar-refractivity contribution in [2.45, 2.75) is 38.8 Å². The number of halogens is 1. The van der Waals surface area contributed by atoms with Gasteiger partial charge in [0.1, 0.15) is 16.3 Å². The second-order valence-corrected chi connectivity index (χ2v) is 10.4. The number of carbonyl (C=O) groups is 1. The Morgan fingerprint density at radius 2 is 2.19 bits per heavy atom. The molecule has 4 rings (SSSR count). The molecule has 146 valence electrons. The van der Waals surface area contributed by atoms with Crippen LogP contribution in [0.25, 0.3) is 10.6 Å². The third-order valence-corrected chi connectivity index (χ3v) is 7.12. The predicted octanol–water partition coefficient (Wildman–Crippen LogP) is 4.55. The molecular formula is C18H23ClN4O2S2. The number of thiophene rings is 1. The lowest BCUT2D eigenvalue weighted by Crippen LogP contribution is -2.42. The Morgan fingerprint density at radius 3 is 2.85 bits per heavy atom. The summed E-state index contributed by atoms with van der Waals surface area (Å²) in [6.07, 6.45) is 0.778. The monoisotopic (exact) mass is 426 g/mol. The number of hydrogen-bond acceptors (Lipinski definition) is 7. The molecule has 0 saturated carbocycles. The predicted molar refractivity (Wildman–Crippen MR) is 112 cm³/mol. The zero-order valence-corrected chi connectivity index (χ0v) is 18.0. The van der Waals surface area contributed by atoms with Crippen LogP contribution >= 0.6 is 34.3 Å². The molecule has 0 unspecified atom stereocenters. The molecule has 2 aromatic heterocycles. The maximum atomic E-state index is 12.6. The van der Waals surface area contributed by atoms with E-state index in [-0.39, 0.29) is 12.1 Å². The zero-order valence-electron chi connectivity index (χ0n) is 15.6. The van der Waals surface area contributed by atoms with Crippen LogP contribution in [0.2, 0.25) is 5.02 Å². The highest BCUT2D eigenvalue weighted by Gasteiger charge is 2.45. The largest absolute Gasteiger partial charge is 0.444 e. The summed E-state index contributed by atoms with van der Waals surface area (Å²) in [6, 6.07) is 2.09. The molecule has 27 heavy (non-hydrogen) atoms. The molecule has 4 heterocycles. The molecule has 6 nitrogen and oxygen atoms in total. The summed E-state index contributed by atoms with van der Waals surface area (Å²) in [5, 5.41) is 4.22. The number of thiazole rings is 1. The lowest BCUT2D eigenvalue weighted by atomic mass is 10.1. The van der Waals surface area contributed by atoms with Gasteiger partial charge in [0.2, 0.25) is 0 Å². The zero-order chi connectivity index (χ0) is 19.3. The number of amides is 1. The lowest BCUT2D eigenvalue weighted by Gasteiger charge is -2.28. The van der Waals surface area contributed by atoms with E-state index < -0.39 is 5.60 Å². The van der Waals surface area contributed by atoms with Gasteiger partial charge >= 0.3 is 6.09 Å². The van der Waals surface area contributed by atoms with Gasteiger partial charge < -0.3 is 20.3 Å². The van der Waals surface area contributed by atoms with Gasteiger partial charge in [-0.25, -0.2) is 9.78 Å². The standard InChI is InChI=1S/C18H23ClN4O2S2/c1-18(2,3)25-17(24)23-5-4-10-7-22(8-12(10)23)15-14(21-16(20)27-15)13-6-11(19)9-26-13/h6,9-10,12H,4-5,7-8H2,1-3H3,(H2,20,21)/t10-,12+/m0/s1. The SMILES string of the molecule is CC(C)(C)OC(=O)N1CC[C@H]2CN(c3sc(N)nc3-c3cc(Cl)cs3)C[C@H]21. The maximum absolute atomic E-state index is 12.6. The average Bonchev–Trinajstić information content (AvgIpc) is 3.27. The van der Waals surface area contributed by atoms with E-state index in [2.05, 4.69) is 9.88 Å². The minimum Gasteiger partial charge on any atom is -0.444 e. The van der Waals surface area contributed by atoms with E-state index in [9.17, 15) is 4.79 Å². The number of hydrogen-bond donors (Lipinski definition) is 1. The minimum absolute atomic E-state index is 0.169. The fourth-order valence-corrected chi connectivity index (χ4v) is 5.81. The number of fused-ring (bicyclic) bond motifs is 1. The number of aromatic nitrogens is 1. The van der Waals surface area contributed by atoms with Crippen LogP contribution in [-0.2, 0) is 4.74 Å². The summed E-state index contributed by atoms with van der Waals surface area (Å²) in [6.45, 7) is 8.14. The first-order valence-electron chi connectivity index (χ1n) is 8.96. The Morgan fingerprint density at radius 1 is 1.41 bits per heavy atom. The number of nitrogens with two attached hydrogens (primary N) is 1. The van der Waals surface area contributed by atoms with Crippen LogP contribution in [0.3, 0.4) is 0 Å². The molecule has 2 aromatic rings. The van der Waals surface area contributed by atoms with Crippen LogP contribution in [0.5, 0.6) is 0 Å². The molecule has 2 saturated heterocycles. The number of anilines is 2. The number of nitrogens with zero attached hydrogens (tertiary/aromatic N) is 3. The first kappa shape index (κ1) is 18.8. The Kier molecular flexibility index (Phi) is 4.76. The van der Waals surface area contributed by atoms with Crippen molar-refractivity contribution >= 4 is 50.5 Å². The third-order valence-electron chi connectivity index (χ3n) is 4.89. The van der Waals surface area contributed by atoms with Gasteiger partial charge in [0.25, 0.3) is 0 Å². The highest BCUT2D eigenvalue weighted by molar-refractivity contribution is 7.20. The van der Waals surface area contributed by atoms with Crippen LogP contribution in [0.1, 0.15) is 27.2 Å². The molecule has 0 aliphatic carbocycles. The molecule has 1 amide bonds. The van der Waals surface area contributed by atoms with Crippen molar-refractivity contribution in [3.05, 3.63) is 16.5 Å². The number of nitrogen functional groups attached to an aromatic ring is 1. The van der Waals surface area contributed by atoms with E-state index >= 15 is 0 Å². The molecular weight excluding hydrogens is 404 g/mol. The number of ether oxygens (including phenoxy) is 1. The van der Waals surface area contributed by atoms with E-state index in [4.69, 9.17) is 22.1 Å². The summed E-state index contributed by atoms with van der Waals surface area (Å²) >= 11 is 9.16. The molecule has 2 fully saturated rings. The summed E-state index contributed by atoms with van der Waals surface area (Å²) in [7, 11) is 0. The fraction of sp³-hybridized carbons (Fsp3) is 0.556. The number of rotatable bonds is 2. The van der Waals surface area contributed by atoms with Gasteiger partial charge in [0.15, 0.2) is 5.13 Å². The van der Waals surface area contributed by atoms with Crippen LogP contribution in [0.4, 0.5) is 14.9 Å². The Hall–Kier alpha value is -1.51. The molecule has 2 aliphatic heterocycles. The average molecular weight is 427 g/mol. The fourth-order valence-electron chi connectivity index (χ4n) is 3.81. The van der Waals surface area contributed by atoms with Crippen molar-refractivity contribution in [2.75, 3.05) is 30.3 Å². The van der Waals surface area contributed by atoms with E-state index in [1.54, 1.807) is 11.3 Å². The van der Waals surface area contributed by atoms with Crippen molar-refractivity contribution in [1.29, 1.82) is 0 Å². The molecule has 0 spiro atoms. The van der Waals surface area contributed by atoms with Gasteiger partial charge in [-0.15, -0.1) is 11.3 Å². The van der Waals surface area contributed by atoms with Crippen molar-refractivity contribution < 1.29 is 9.53 Å². The third kappa shape index (κ3) is 3.75. The molecule has 2 aliphatic rings. The van der Waals surface area contributed by atoms with Crippen LogP contribution in [0.15, 0.2) is 11.4 Å². The quantitative estimate of drug-likeness (QED) is 0.762. The van der Waals surface area contributed by atoms with Gasteiger partial charge in [-0.05, 0) is 33.3 Å². The lowest BCUT2D eigenvalue weighted by molar-refractivity contribution is 0.0229. The summed E-state index contributed by atoms with van der Waals surface area (Å²) in [5.74, 6) is 0.445. The van der Waals surface area contributed by atoms with Gasteiger partial charge in [-0.1, -0.05) is 22.9 Å². The van der Waals surface area contributed by atoms with Crippen LogP contribution < -0.4 is 10.6 Å². The molecule has 2 N–H and O–H groups in total. The van der Waals surface area contributed by atoms with E-state index in [0.29, 0.717) is 16.1 Å². The van der Waals surface area contributed by atoms with Gasteiger partial charge in [-0.2, -0.15) is 0 Å². The normalized spacial score (nSPS) is 22.4. The van der Waals surface area contributed by atoms with Gasteiger partial charge in [0, 0.05) is 30.9 Å². The molecule has 0 aromatic carbocycles.